The molecule has 1 N–H and O–H groups in total. The maximum Gasteiger partial charge on any atom is 0.123 e. The van der Waals surface area contributed by atoms with Gasteiger partial charge in [0.05, 0.1) is 7.11 Å². The fraction of sp³-hybridized carbons (Fsp3) is 0.600. The molecule has 1 aromatic carbocycles. The average Bonchev–Trinajstić information content (AvgIpc) is 2.41. The summed E-state index contributed by atoms with van der Waals surface area (Å²) in [4.78, 5) is 4.88. The zero-order valence-electron chi connectivity index (χ0n) is 12.1. The lowest BCUT2D eigenvalue weighted by Crippen LogP contribution is -2.48. The fourth-order valence-corrected chi connectivity index (χ4v) is 2.48. The van der Waals surface area contributed by atoms with Crippen LogP contribution in [0.5, 0.6) is 11.5 Å². The average molecular weight is 264 g/mol. The Morgan fingerprint density at radius 2 is 1.89 bits per heavy atom. The van der Waals surface area contributed by atoms with Crippen molar-refractivity contribution in [3.8, 4) is 11.5 Å². The summed E-state index contributed by atoms with van der Waals surface area (Å²) in [6.45, 7) is 9.62. The molecule has 0 aliphatic carbocycles. The predicted molar refractivity (Wildman–Crippen MR) is 76.6 cm³/mol. The lowest BCUT2D eigenvalue weighted by atomic mass is 10.1. The lowest BCUT2D eigenvalue weighted by Gasteiger charge is -2.37. The van der Waals surface area contributed by atoms with Crippen LogP contribution in [-0.2, 0) is 6.54 Å². The van der Waals surface area contributed by atoms with Crippen LogP contribution in [0.3, 0.4) is 0 Å². The number of phenols is 1. The molecule has 1 aromatic rings. The number of hydrogen-bond acceptors (Lipinski definition) is 4. The predicted octanol–water partition coefficient (Wildman–Crippen LogP) is 1.93. The zero-order chi connectivity index (χ0) is 13.8. The van der Waals surface area contributed by atoms with E-state index in [1.807, 2.05) is 12.1 Å². The summed E-state index contributed by atoms with van der Waals surface area (Å²) < 4.78 is 5.10. The van der Waals surface area contributed by atoms with E-state index in [0.29, 0.717) is 17.5 Å². The highest BCUT2D eigenvalue weighted by atomic mass is 16.5. The molecule has 0 saturated carbocycles. The number of phenolic OH excluding ortho intramolecular Hbond substituents is 1. The van der Waals surface area contributed by atoms with Crippen LogP contribution in [0.4, 0.5) is 0 Å². The number of piperazine rings is 1. The molecule has 0 spiro atoms. The molecule has 0 unspecified atom stereocenters. The molecule has 19 heavy (non-hydrogen) atoms. The summed E-state index contributed by atoms with van der Waals surface area (Å²) >= 11 is 0. The van der Waals surface area contributed by atoms with Crippen LogP contribution in [0.1, 0.15) is 19.4 Å². The van der Waals surface area contributed by atoms with Crippen molar-refractivity contribution in [3.63, 3.8) is 0 Å². The van der Waals surface area contributed by atoms with Crippen LogP contribution in [0, 0.1) is 0 Å². The summed E-state index contributed by atoms with van der Waals surface area (Å²) in [5, 5.41) is 9.98. The van der Waals surface area contributed by atoms with Gasteiger partial charge in [-0.1, -0.05) is 6.07 Å². The summed E-state index contributed by atoms with van der Waals surface area (Å²) in [5.41, 5.74) is 0.971. The Morgan fingerprint density at radius 1 is 1.21 bits per heavy atom. The van der Waals surface area contributed by atoms with Gasteiger partial charge >= 0.3 is 0 Å². The van der Waals surface area contributed by atoms with Crippen LogP contribution in [0.2, 0.25) is 0 Å². The molecule has 0 atom stereocenters. The second kappa shape index (κ2) is 6.26. The van der Waals surface area contributed by atoms with E-state index in [1.165, 1.54) is 0 Å². The summed E-state index contributed by atoms with van der Waals surface area (Å²) in [7, 11) is 1.61. The van der Waals surface area contributed by atoms with Gasteiger partial charge in [-0.25, -0.2) is 0 Å². The van der Waals surface area contributed by atoms with E-state index < -0.39 is 0 Å². The first-order valence-electron chi connectivity index (χ1n) is 6.92. The maximum atomic E-state index is 9.98. The van der Waals surface area contributed by atoms with Gasteiger partial charge in [0.25, 0.3) is 0 Å². The number of rotatable bonds is 4. The van der Waals surface area contributed by atoms with Gasteiger partial charge in [0.15, 0.2) is 0 Å². The van der Waals surface area contributed by atoms with Crippen LogP contribution >= 0.6 is 0 Å². The monoisotopic (exact) mass is 264 g/mol. The molecule has 0 radical (unpaired) electrons. The molecule has 4 nitrogen and oxygen atoms in total. The molecule has 1 aliphatic heterocycles. The van der Waals surface area contributed by atoms with Gasteiger partial charge in [0.1, 0.15) is 11.5 Å². The standard InChI is InChI=1S/C15H24N2O2/c1-12(2)17-8-6-16(7-9-17)11-13-4-5-14(19-3)10-15(13)18/h4-5,10,12,18H,6-9,11H2,1-3H3. The van der Waals surface area contributed by atoms with Crippen molar-refractivity contribution in [2.75, 3.05) is 33.3 Å². The van der Waals surface area contributed by atoms with Crippen molar-refractivity contribution < 1.29 is 9.84 Å². The van der Waals surface area contributed by atoms with E-state index in [4.69, 9.17) is 4.74 Å². The maximum absolute atomic E-state index is 9.98. The van der Waals surface area contributed by atoms with E-state index in [9.17, 15) is 5.11 Å². The smallest absolute Gasteiger partial charge is 0.123 e. The van der Waals surface area contributed by atoms with Crippen molar-refractivity contribution in [1.82, 2.24) is 9.80 Å². The number of hydrogen-bond donors (Lipinski definition) is 1. The first-order valence-corrected chi connectivity index (χ1v) is 6.92. The minimum absolute atomic E-state index is 0.325. The largest absolute Gasteiger partial charge is 0.507 e. The second-order valence-corrected chi connectivity index (χ2v) is 5.40. The van der Waals surface area contributed by atoms with Gasteiger partial charge in [-0.05, 0) is 19.9 Å². The van der Waals surface area contributed by atoms with Gasteiger partial charge in [-0.3, -0.25) is 9.80 Å². The van der Waals surface area contributed by atoms with Crippen LogP contribution in [0.15, 0.2) is 18.2 Å². The van der Waals surface area contributed by atoms with E-state index in [0.717, 1.165) is 38.3 Å². The van der Waals surface area contributed by atoms with Gasteiger partial charge in [0, 0.05) is 50.4 Å². The number of aromatic hydroxyl groups is 1. The van der Waals surface area contributed by atoms with Gasteiger partial charge in [-0.2, -0.15) is 0 Å². The van der Waals surface area contributed by atoms with E-state index in [1.54, 1.807) is 13.2 Å². The lowest BCUT2D eigenvalue weighted by molar-refractivity contribution is 0.103. The number of methoxy groups -OCH3 is 1. The third-order valence-corrected chi connectivity index (χ3v) is 3.82. The third kappa shape index (κ3) is 3.61. The quantitative estimate of drug-likeness (QED) is 0.901. The molecule has 0 bridgehead atoms. The molecule has 1 aliphatic rings. The normalized spacial score (nSPS) is 17.9. The molecule has 0 amide bonds. The molecular formula is C15H24N2O2. The number of ether oxygens (including phenoxy) is 1. The molecule has 0 aromatic heterocycles. The Labute approximate surface area is 115 Å². The highest BCUT2D eigenvalue weighted by Gasteiger charge is 2.19. The third-order valence-electron chi connectivity index (χ3n) is 3.82. The number of benzene rings is 1. The molecule has 1 saturated heterocycles. The minimum atomic E-state index is 0.325. The summed E-state index contributed by atoms with van der Waals surface area (Å²) in [5.74, 6) is 1.02. The van der Waals surface area contributed by atoms with Gasteiger partial charge < -0.3 is 9.84 Å². The molecular weight excluding hydrogens is 240 g/mol. The Hall–Kier alpha value is -1.26. The van der Waals surface area contributed by atoms with Crippen molar-refractivity contribution in [3.05, 3.63) is 23.8 Å². The van der Waals surface area contributed by atoms with Crippen molar-refractivity contribution in [2.24, 2.45) is 0 Å². The molecule has 1 fully saturated rings. The first-order chi connectivity index (χ1) is 9.10. The summed E-state index contributed by atoms with van der Waals surface area (Å²) in [6.07, 6.45) is 0. The van der Waals surface area contributed by atoms with Gasteiger partial charge in [-0.15, -0.1) is 0 Å². The molecule has 4 heteroatoms. The van der Waals surface area contributed by atoms with Crippen LogP contribution in [-0.4, -0.2) is 54.2 Å². The Balaban J connectivity index is 1.92. The molecule has 106 valence electrons. The van der Waals surface area contributed by atoms with Crippen LogP contribution < -0.4 is 4.74 Å². The SMILES string of the molecule is COc1ccc(CN2CCN(C(C)C)CC2)c(O)c1. The van der Waals surface area contributed by atoms with Crippen molar-refractivity contribution >= 4 is 0 Å². The van der Waals surface area contributed by atoms with E-state index in [2.05, 4.69) is 23.6 Å². The highest BCUT2D eigenvalue weighted by molar-refractivity contribution is 5.39. The summed E-state index contributed by atoms with van der Waals surface area (Å²) in [6, 6.07) is 6.15. The Bertz CT molecular complexity index is 413. The van der Waals surface area contributed by atoms with Crippen molar-refractivity contribution in [1.29, 1.82) is 0 Å². The molecule has 1 heterocycles. The molecule has 2 rings (SSSR count). The fourth-order valence-electron chi connectivity index (χ4n) is 2.48. The zero-order valence-corrected chi connectivity index (χ0v) is 12.1. The van der Waals surface area contributed by atoms with E-state index >= 15 is 0 Å². The minimum Gasteiger partial charge on any atom is -0.507 e. The highest BCUT2D eigenvalue weighted by Crippen LogP contribution is 2.25. The first kappa shape index (κ1) is 14.2. The Morgan fingerprint density at radius 3 is 2.42 bits per heavy atom. The topological polar surface area (TPSA) is 35.9 Å². The number of nitrogens with zero attached hydrogens (tertiary/aromatic N) is 2. The Kier molecular flexibility index (Phi) is 4.66. The van der Waals surface area contributed by atoms with Crippen molar-refractivity contribution in [2.45, 2.75) is 26.4 Å². The van der Waals surface area contributed by atoms with E-state index in [-0.39, 0.29) is 0 Å². The van der Waals surface area contributed by atoms with Gasteiger partial charge in [0.2, 0.25) is 0 Å². The second-order valence-electron chi connectivity index (χ2n) is 5.40. The van der Waals surface area contributed by atoms with Crippen LogP contribution in [0.25, 0.3) is 0 Å².